The topological polar surface area (TPSA) is 103 Å². The number of nitrogens with one attached hydrogen (secondary N) is 2. The summed E-state index contributed by atoms with van der Waals surface area (Å²) in [6.07, 6.45) is 3.62. The van der Waals surface area contributed by atoms with Gasteiger partial charge in [0.1, 0.15) is 5.75 Å². The molecule has 5 rings (SSSR count). The second kappa shape index (κ2) is 9.45. The summed E-state index contributed by atoms with van der Waals surface area (Å²) in [7, 11) is 0. The van der Waals surface area contributed by atoms with Gasteiger partial charge in [-0.15, -0.1) is 0 Å². The van der Waals surface area contributed by atoms with E-state index in [4.69, 9.17) is 21.6 Å². The van der Waals surface area contributed by atoms with Crippen molar-refractivity contribution in [2.24, 2.45) is 0 Å². The first-order chi connectivity index (χ1) is 16.2. The minimum Gasteiger partial charge on any atom is -0.439 e. The lowest BCUT2D eigenvalue weighted by Crippen LogP contribution is -2.39. The molecule has 0 radical (unpaired) electrons. The number of ether oxygens (including phenoxy) is 1. The van der Waals surface area contributed by atoms with Crippen molar-refractivity contribution in [1.82, 2.24) is 25.1 Å². The maximum Gasteiger partial charge on any atom is 0.226 e. The zero-order valence-corrected chi connectivity index (χ0v) is 18.6. The zero-order valence-electron chi connectivity index (χ0n) is 17.8. The van der Waals surface area contributed by atoms with Crippen molar-refractivity contribution in [3.63, 3.8) is 0 Å². The fraction of sp³-hybridized carbons (Fsp3) is 0.250. The smallest absolute Gasteiger partial charge is 0.226 e. The second-order valence-electron chi connectivity index (χ2n) is 8.02. The van der Waals surface area contributed by atoms with Gasteiger partial charge in [-0.25, -0.2) is 4.98 Å². The Morgan fingerprint density at radius 1 is 1.18 bits per heavy atom. The van der Waals surface area contributed by atoms with Crippen molar-refractivity contribution in [1.29, 1.82) is 5.26 Å². The highest BCUT2D eigenvalue weighted by Crippen LogP contribution is 2.26. The number of anilines is 1. The normalized spacial score (nSPS) is 14.8. The molecule has 8 nitrogen and oxygen atoms in total. The number of H-pyrrole nitrogens is 1. The lowest BCUT2D eigenvalue weighted by molar-refractivity contribution is 0.209. The van der Waals surface area contributed by atoms with Crippen LogP contribution >= 0.6 is 11.6 Å². The van der Waals surface area contributed by atoms with Crippen molar-refractivity contribution in [3.8, 4) is 17.7 Å². The van der Waals surface area contributed by atoms with Crippen LogP contribution in [0.3, 0.4) is 0 Å². The van der Waals surface area contributed by atoms with E-state index >= 15 is 0 Å². The first-order valence-electron chi connectivity index (χ1n) is 10.8. The molecule has 0 saturated carbocycles. The minimum absolute atomic E-state index is 0.284. The summed E-state index contributed by atoms with van der Waals surface area (Å²) < 4.78 is 5.80. The van der Waals surface area contributed by atoms with Gasteiger partial charge in [0.2, 0.25) is 11.8 Å². The molecule has 0 aliphatic carbocycles. The van der Waals surface area contributed by atoms with E-state index in [2.05, 4.69) is 42.5 Å². The second-order valence-corrected chi connectivity index (χ2v) is 8.46. The maximum absolute atomic E-state index is 9.11. The fourth-order valence-corrected chi connectivity index (χ4v) is 4.28. The van der Waals surface area contributed by atoms with Gasteiger partial charge in [-0.3, -0.25) is 10.00 Å². The number of fused-ring (bicyclic) bond motifs is 1. The average molecular weight is 460 g/mol. The van der Waals surface area contributed by atoms with Gasteiger partial charge in [0.05, 0.1) is 22.8 Å². The molecule has 1 aliphatic heterocycles. The summed E-state index contributed by atoms with van der Waals surface area (Å²) in [5.41, 5.74) is 2.59. The van der Waals surface area contributed by atoms with Gasteiger partial charge in [-0.05, 0) is 37.1 Å². The molecule has 1 saturated heterocycles. The Hall–Kier alpha value is -3.67. The van der Waals surface area contributed by atoms with Crippen LogP contribution < -0.4 is 10.1 Å². The molecule has 0 atom stereocenters. The van der Waals surface area contributed by atoms with E-state index < -0.39 is 0 Å². The Labute approximate surface area is 196 Å². The number of likely N-dealkylation sites (tertiary alicyclic amines) is 1. The highest BCUT2D eigenvalue weighted by Gasteiger charge is 2.21. The van der Waals surface area contributed by atoms with Crippen molar-refractivity contribution in [3.05, 3.63) is 71.0 Å². The number of aromatic amines is 1. The molecule has 2 aromatic heterocycles. The number of aromatic nitrogens is 4. The van der Waals surface area contributed by atoms with Crippen molar-refractivity contribution in [2.45, 2.75) is 25.4 Å². The number of hydrogen-bond acceptors (Lipinski definition) is 7. The van der Waals surface area contributed by atoms with E-state index in [-0.39, 0.29) is 6.04 Å². The molecule has 3 heterocycles. The number of para-hydroxylation sites is 1. The van der Waals surface area contributed by atoms with Gasteiger partial charge in [0.25, 0.3) is 0 Å². The molecule has 1 fully saturated rings. The Morgan fingerprint density at radius 2 is 2.03 bits per heavy atom. The van der Waals surface area contributed by atoms with Crippen LogP contribution in [0.5, 0.6) is 11.6 Å². The van der Waals surface area contributed by atoms with Crippen LogP contribution in [-0.2, 0) is 6.54 Å². The number of benzene rings is 2. The molecular weight excluding hydrogens is 438 g/mol. The van der Waals surface area contributed by atoms with Crippen LogP contribution in [0.15, 0.2) is 54.7 Å². The first-order valence-corrected chi connectivity index (χ1v) is 11.2. The molecular formula is C24H22ClN7O. The molecule has 2 aromatic carbocycles. The number of hydrogen-bond donors (Lipinski definition) is 2. The van der Waals surface area contributed by atoms with Gasteiger partial charge in [-0.2, -0.15) is 15.3 Å². The number of rotatable bonds is 6. The van der Waals surface area contributed by atoms with Crippen molar-refractivity contribution >= 4 is 28.5 Å². The minimum atomic E-state index is 0.284. The maximum atomic E-state index is 9.11. The van der Waals surface area contributed by atoms with E-state index in [0.717, 1.165) is 43.7 Å². The van der Waals surface area contributed by atoms with Crippen LogP contribution in [0.4, 0.5) is 5.95 Å². The third kappa shape index (κ3) is 5.06. The Morgan fingerprint density at radius 3 is 2.88 bits per heavy atom. The standard InChI is InChI=1S/C24H22ClN7O/c25-17-11-16(14-26)12-19(13-17)33-23-5-8-27-24(29-23)28-18-6-9-32(10-7-18)15-22-20-3-1-2-4-21(20)30-31-22/h1-5,8,11-13,18H,6-7,9-10,15H2,(H,30,31)(H,27,28,29). The quantitative estimate of drug-likeness (QED) is 0.429. The number of halogens is 1. The third-order valence-electron chi connectivity index (χ3n) is 5.70. The summed E-state index contributed by atoms with van der Waals surface area (Å²) in [4.78, 5) is 11.2. The molecule has 9 heteroatoms. The average Bonchev–Trinajstić information content (AvgIpc) is 3.23. The summed E-state index contributed by atoms with van der Waals surface area (Å²) in [6, 6.07) is 17.1. The van der Waals surface area contributed by atoms with Crippen LogP contribution in [0.1, 0.15) is 24.1 Å². The molecule has 166 valence electrons. The number of nitrogens with zero attached hydrogens (tertiary/aromatic N) is 5. The van der Waals surface area contributed by atoms with E-state index in [1.54, 1.807) is 30.5 Å². The molecule has 1 aliphatic rings. The van der Waals surface area contributed by atoms with Gasteiger partial charge in [0, 0.05) is 48.3 Å². The zero-order chi connectivity index (χ0) is 22.6. The number of piperidine rings is 1. The van der Waals surface area contributed by atoms with Gasteiger partial charge < -0.3 is 10.1 Å². The predicted octanol–water partition coefficient (Wildman–Crippen LogP) is 4.75. The molecule has 0 bridgehead atoms. The number of nitriles is 1. The summed E-state index contributed by atoms with van der Waals surface area (Å²) in [5, 5.41) is 21.7. The van der Waals surface area contributed by atoms with E-state index in [9.17, 15) is 0 Å². The van der Waals surface area contributed by atoms with E-state index in [0.29, 0.717) is 28.2 Å². The van der Waals surface area contributed by atoms with Gasteiger partial charge in [0.15, 0.2) is 0 Å². The van der Waals surface area contributed by atoms with Crippen molar-refractivity contribution in [2.75, 3.05) is 18.4 Å². The lowest BCUT2D eigenvalue weighted by Gasteiger charge is -2.32. The van der Waals surface area contributed by atoms with E-state index in [1.165, 1.54) is 5.39 Å². The Balaban J connectivity index is 1.17. The highest BCUT2D eigenvalue weighted by atomic mass is 35.5. The molecule has 0 unspecified atom stereocenters. The van der Waals surface area contributed by atoms with Crippen LogP contribution in [0.2, 0.25) is 5.02 Å². The predicted molar refractivity (Wildman–Crippen MR) is 126 cm³/mol. The summed E-state index contributed by atoms with van der Waals surface area (Å²) in [5.74, 6) is 1.37. The van der Waals surface area contributed by atoms with Crippen LogP contribution in [0, 0.1) is 11.3 Å². The Kier molecular flexibility index (Phi) is 6.07. The lowest BCUT2D eigenvalue weighted by atomic mass is 10.0. The highest BCUT2D eigenvalue weighted by molar-refractivity contribution is 6.30. The molecule has 33 heavy (non-hydrogen) atoms. The SMILES string of the molecule is N#Cc1cc(Cl)cc(Oc2ccnc(NC3CCN(Cc4[nH]nc5ccccc45)CC3)n2)c1. The first kappa shape index (κ1) is 21.2. The summed E-state index contributed by atoms with van der Waals surface area (Å²) in [6.45, 7) is 2.80. The van der Waals surface area contributed by atoms with Crippen molar-refractivity contribution < 1.29 is 4.74 Å². The third-order valence-corrected chi connectivity index (χ3v) is 5.91. The fourth-order valence-electron chi connectivity index (χ4n) is 4.05. The van der Waals surface area contributed by atoms with Gasteiger partial charge in [-0.1, -0.05) is 29.8 Å². The van der Waals surface area contributed by atoms with E-state index in [1.807, 2.05) is 18.2 Å². The molecule has 2 N–H and O–H groups in total. The van der Waals surface area contributed by atoms with Gasteiger partial charge >= 0.3 is 0 Å². The molecule has 4 aromatic rings. The molecule has 0 amide bonds. The van der Waals surface area contributed by atoms with Crippen LogP contribution in [-0.4, -0.2) is 44.2 Å². The monoisotopic (exact) mass is 459 g/mol. The van der Waals surface area contributed by atoms with Crippen LogP contribution in [0.25, 0.3) is 10.9 Å². The Bertz CT molecular complexity index is 1310. The largest absolute Gasteiger partial charge is 0.439 e. The molecule has 0 spiro atoms. The summed E-state index contributed by atoms with van der Waals surface area (Å²) >= 11 is 6.05.